The van der Waals surface area contributed by atoms with Gasteiger partial charge in [-0.25, -0.2) is 12.8 Å². The van der Waals surface area contributed by atoms with Crippen LogP contribution in [0.15, 0.2) is 48.5 Å². The van der Waals surface area contributed by atoms with Crippen LogP contribution in [0.4, 0.5) is 10.1 Å². The SMILES string of the molecule is CCc1ccccc1N(CC(=O)N(Cc1ccc(F)cc1)[C@@H](CC)C(=O)NC)S(C)(=O)=O. The molecule has 2 rings (SSSR count). The topological polar surface area (TPSA) is 86.8 Å². The second kappa shape index (κ2) is 11.1. The summed E-state index contributed by atoms with van der Waals surface area (Å²) >= 11 is 0. The van der Waals surface area contributed by atoms with E-state index < -0.39 is 34.3 Å². The number of halogens is 1. The van der Waals surface area contributed by atoms with E-state index in [0.29, 0.717) is 24.1 Å². The molecule has 0 bridgehead atoms. The predicted molar refractivity (Wildman–Crippen MR) is 123 cm³/mol. The Kier molecular flexibility index (Phi) is 8.77. The van der Waals surface area contributed by atoms with E-state index in [9.17, 15) is 22.4 Å². The highest BCUT2D eigenvalue weighted by atomic mass is 32.2. The zero-order valence-electron chi connectivity index (χ0n) is 18.8. The Morgan fingerprint density at radius 3 is 2.22 bits per heavy atom. The molecule has 7 nitrogen and oxygen atoms in total. The van der Waals surface area contributed by atoms with E-state index in [1.807, 2.05) is 19.1 Å². The van der Waals surface area contributed by atoms with Gasteiger partial charge in [0, 0.05) is 13.6 Å². The Bertz CT molecular complexity index is 1040. The summed E-state index contributed by atoms with van der Waals surface area (Å²) < 4.78 is 39.6. The zero-order chi connectivity index (χ0) is 23.9. The third-order valence-corrected chi connectivity index (χ3v) is 6.35. The van der Waals surface area contributed by atoms with Gasteiger partial charge in [-0.3, -0.25) is 13.9 Å². The lowest BCUT2D eigenvalue weighted by atomic mass is 10.1. The highest BCUT2D eigenvalue weighted by Crippen LogP contribution is 2.24. The van der Waals surface area contributed by atoms with Gasteiger partial charge in [0.15, 0.2) is 0 Å². The Morgan fingerprint density at radius 2 is 1.69 bits per heavy atom. The van der Waals surface area contributed by atoms with Crippen LogP contribution in [-0.2, 0) is 32.6 Å². The molecule has 32 heavy (non-hydrogen) atoms. The van der Waals surface area contributed by atoms with Gasteiger partial charge in [0.25, 0.3) is 0 Å². The third kappa shape index (κ3) is 6.29. The van der Waals surface area contributed by atoms with Gasteiger partial charge < -0.3 is 10.2 Å². The standard InChI is InChI=1S/C23H30FN3O4S/c1-5-18-9-7-8-10-21(18)27(32(4,30)31)16-22(28)26(20(6-2)23(29)25-3)15-17-11-13-19(24)14-12-17/h7-14,20H,5-6,15-16H2,1-4H3,(H,25,29)/t20-/m0/s1. The van der Waals surface area contributed by atoms with Gasteiger partial charge in [0.05, 0.1) is 11.9 Å². The van der Waals surface area contributed by atoms with Crippen LogP contribution >= 0.6 is 0 Å². The summed E-state index contributed by atoms with van der Waals surface area (Å²) in [4.78, 5) is 27.3. The summed E-state index contributed by atoms with van der Waals surface area (Å²) in [5.41, 5.74) is 1.84. The van der Waals surface area contributed by atoms with Gasteiger partial charge in [-0.1, -0.05) is 44.2 Å². The van der Waals surface area contributed by atoms with Crippen LogP contribution in [0.2, 0.25) is 0 Å². The summed E-state index contributed by atoms with van der Waals surface area (Å²) in [5, 5.41) is 2.56. The van der Waals surface area contributed by atoms with E-state index in [4.69, 9.17) is 0 Å². The van der Waals surface area contributed by atoms with Crippen LogP contribution in [-0.4, -0.2) is 51.0 Å². The summed E-state index contributed by atoms with van der Waals surface area (Å²) in [6, 6.07) is 11.8. The predicted octanol–water partition coefficient (Wildman–Crippen LogP) is 2.71. The van der Waals surface area contributed by atoms with Crippen molar-refractivity contribution in [2.45, 2.75) is 39.3 Å². The molecule has 1 N–H and O–H groups in total. The van der Waals surface area contributed by atoms with Gasteiger partial charge in [0.1, 0.15) is 18.4 Å². The average molecular weight is 464 g/mol. The van der Waals surface area contributed by atoms with Crippen LogP contribution in [0.1, 0.15) is 31.4 Å². The van der Waals surface area contributed by atoms with Crippen molar-refractivity contribution in [1.29, 1.82) is 0 Å². The molecule has 0 aliphatic carbocycles. The number of likely N-dealkylation sites (N-methyl/N-ethyl adjacent to an activating group) is 1. The third-order valence-electron chi connectivity index (χ3n) is 5.22. The van der Waals surface area contributed by atoms with Crippen LogP contribution < -0.4 is 9.62 Å². The number of hydrogen-bond donors (Lipinski definition) is 1. The summed E-state index contributed by atoms with van der Waals surface area (Å²) in [5.74, 6) is -1.30. The first-order valence-electron chi connectivity index (χ1n) is 10.4. The van der Waals surface area contributed by atoms with Gasteiger partial charge in [0.2, 0.25) is 21.8 Å². The van der Waals surface area contributed by atoms with Crippen LogP contribution in [0, 0.1) is 5.82 Å². The first kappa shape index (κ1) is 25.3. The fraction of sp³-hybridized carbons (Fsp3) is 0.391. The molecule has 0 unspecified atom stereocenters. The van der Waals surface area contributed by atoms with Gasteiger partial charge in [-0.2, -0.15) is 0 Å². The fourth-order valence-corrected chi connectivity index (χ4v) is 4.40. The molecule has 0 saturated carbocycles. The van der Waals surface area contributed by atoms with Gasteiger partial charge >= 0.3 is 0 Å². The Morgan fingerprint density at radius 1 is 1.06 bits per heavy atom. The van der Waals surface area contributed by atoms with Crippen molar-refractivity contribution in [2.24, 2.45) is 0 Å². The van der Waals surface area contributed by atoms with Crippen molar-refractivity contribution in [3.63, 3.8) is 0 Å². The van der Waals surface area contributed by atoms with Crippen LogP contribution in [0.5, 0.6) is 0 Å². The average Bonchev–Trinajstić information content (AvgIpc) is 2.77. The molecular weight excluding hydrogens is 433 g/mol. The molecule has 0 saturated heterocycles. The number of aryl methyl sites for hydroxylation is 1. The lowest BCUT2D eigenvalue weighted by Gasteiger charge is -2.33. The van der Waals surface area contributed by atoms with E-state index in [0.717, 1.165) is 16.1 Å². The fourth-order valence-electron chi connectivity index (χ4n) is 3.52. The highest BCUT2D eigenvalue weighted by Gasteiger charge is 2.31. The molecule has 9 heteroatoms. The lowest BCUT2D eigenvalue weighted by molar-refractivity contribution is -0.140. The number of benzene rings is 2. The molecular formula is C23H30FN3O4S. The number of rotatable bonds is 10. The maximum Gasteiger partial charge on any atom is 0.244 e. The maximum atomic E-state index is 13.4. The molecule has 0 fully saturated rings. The number of carbonyl (C=O) groups is 2. The molecule has 1 atom stereocenters. The number of nitrogens with zero attached hydrogens (tertiary/aromatic N) is 2. The number of sulfonamides is 1. The smallest absolute Gasteiger partial charge is 0.244 e. The van der Waals surface area contributed by atoms with Crippen molar-refractivity contribution < 1.29 is 22.4 Å². The summed E-state index contributed by atoms with van der Waals surface area (Å²) in [7, 11) is -2.30. The largest absolute Gasteiger partial charge is 0.357 e. The van der Waals surface area contributed by atoms with E-state index in [2.05, 4.69) is 5.32 Å². The Labute approximate surface area is 189 Å². The molecule has 2 amide bonds. The number of nitrogens with one attached hydrogen (secondary N) is 1. The molecule has 2 aromatic carbocycles. The van der Waals surface area contributed by atoms with E-state index in [1.54, 1.807) is 19.1 Å². The lowest BCUT2D eigenvalue weighted by Crippen LogP contribution is -2.51. The quantitative estimate of drug-likeness (QED) is 0.587. The number of carbonyl (C=O) groups excluding carboxylic acids is 2. The summed E-state index contributed by atoms with van der Waals surface area (Å²) in [6.45, 7) is 3.26. The normalized spacial score (nSPS) is 12.2. The van der Waals surface area contributed by atoms with Gasteiger partial charge in [-0.05, 0) is 42.2 Å². The van der Waals surface area contributed by atoms with Crippen molar-refractivity contribution in [2.75, 3.05) is 24.2 Å². The molecule has 0 spiro atoms. The number of amides is 2. The second-order valence-electron chi connectivity index (χ2n) is 7.44. The maximum absolute atomic E-state index is 13.4. The zero-order valence-corrected chi connectivity index (χ0v) is 19.7. The van der Waals surface area contributed by atoms with E-state index in [-0.39, 0.29) is 12.5 Å². The van der Waals surface area contributed by atoms with E-state index in [1.165, 1.54) is 36.2 Å². The monoisotopic (exact) mass is 463 g/mol. The number of anilines is 1. The van der Waals surface area contributed by atoms with Gasteiger partial charge in [-0.15, -0.1) is 0 Å². The first-order chi connectivity index (χ1) is 15.1. The minimum absolute atomic E-state index is 0.0397. The number of para-hydroxylation sites is 1. The summed E-state index contributed by atoms with van der Waals surface area (Å²) in [6.07, 6.45) is 1.97. The Hall–Kier alpha value is -2.94. The van der Waals surface area contributed by atoms with Crippen molar-refractivity contribution >= 4 is 27.5 Å². The van der Waals surface area contributed by atoms with Crippen molar-refractivity contribution in [3.8, 4) is 0 Å². The molecule has 0 aliphatic rings. The van der Waals surface area contributed by atoms with Crippen LogP contribution in [0.25, 0.3) is 0 Å². The van der Waals surface area contributed by atoms with Crippen molar-refractivity contribution in [1.82, 2.24) is 10.2 Å². The molecule has 0 radical (unpaired) electrons. The minimum Gasteiger partial charge on any atom is -0.357 e. The van der Waals surface area contributed by atoms with Crippen molar-refractivity contribution in [3.05, 3.63) is 65.5 Å². The van der Waals surface area contributed by atoms with Crippen LogP contribution in [0.3, 0.4) is 0 Å². The first-order valence-corrected chi connectivity index (χ1v) is 12.3. The molecule has 2 aromatic rings. The number of hydrogen-bond acceptors (Lipinski definition) is 4. The second-order valence-corrected chi connectivity index (χ2v) is 9.35. The molecule has 174 valence electrons. The van der Waals surface area contributed by atoms with E-state index >= 15 is 0 Å². The minimum atomic E-state index is -3.78. The molecule has 0 aromatic heterocycles. The highest BCUT2D eigenvalue weighted by molar-refractivity contribution is 7.92. The Balaban J connectivity index is 2.45. The molecule has 0 aliphatic heterocycles. The molecule has 0 heterocycles.